The van der Waals surface area contributed by atoms with Crippen LogP contribution in [0.1, 0.15) is 48.8 Å². The number of hydrogen-bond donors (Lipinski definition) is 1. The lowest BCUT2D eigenvalue weighted by atomic mass is 10.0. The molecular formula is C30H33N7O8. The Morgan fingerprint density at radius 2 is 1.96 bits per heavy atom. The van der Waals surface area contributed by atoms with E-state index in [0.29, 0.717) is 47.6 Å². The second-order valence-corrected chi connectivity index (χ2v) is 10.5. The largest absolute Gasteiger partial charge is 0.510 e. The molecule has 1 fully saturated rings. The minimum atomic E-state index is -1.10. The molecule has 2 atom stereocenters. The predicted octanol–water partition coefficient (Wildman–Crippen LogP) is 4.09. The van der Waals surface area contributed by atoms with Crippen molar-refractivity contribution < 1.29 is 33.5 Å². The highest BCUT2D eigenvalue weighted by Crippen LogP contribution is 2.33. The lowest BCUT2D eigenvalue weighted by molar-refractivity contribution is 0.00455. The van der Waals surface area contributed by atoms with Gasteiger partial charge in [-0.2, -0.15) is 5.10 Å². The summed E-state index contributed by atoms with van der Waals surface area (Å²) in [6, 6.07) is 10.0. The van der Waals surface area contributed by atoms with Gasteiger partial charge in [0.1, 0.15) is 11.5 Å². The van der Waals surface area contributed by atoms with Gasteiger partial charge in [-0.3, -0.25) is 18.9 Å². The molecule has 0 radical (unpaired) electrons. The number of anilines is 1. The average Bonchev–Trinajstić information content (AvgIpc) is 3.60. The van der Waals surface area contributed by atoms with Gasteiger partial charge in [-0.15, -0.1) is 0 Å². The van der Waals surface area contributed by atoms with E-state index >= 15 is 0 Å². The number of carbonyl (C=O) groups is 3. The molecule has 2 amide bonds. The molecule has 1 N–H and O–H groups in total. The smallest absolute Gasteiger partial charge is 0.465 e. The average molecular weight is 620 g/mol. The molecule has 1 aromatic carbocycles. The number of hydrogen-bond acceptors (Lipinski definition) is 10. The van der Waals surface area contributed by atoms with Gasteiger partial charge < -0.3 is 19.5 Å². The summed E-state index contributed by atoms with van der Waals surface area (Å²) in [6.07, 6.45) is 1.35. The summed E-state index contributed by atoms with van der Waals surface area (Å²) >= 11 is 0. The number of benzene rings is 1. The third kappa shape index (κ3) is 6.27. The van der Waals surface area contributed by atoms with E-state index in [4.69, 9.17) is 14.0 Å². The quantitative estimate of drug-likeness (QED) is 0.281. The van der Waals surface area contributed by atoms with Crippen LogP contribution in [-0.4, -0.2) is 78.4 Å². The Morgan fingerprint density at radius 1 is 1.20 bits per heavy atom. The van der Waals surface area contributed by atoms with Gasteiger partial charge in [0.2, 0.25) is 5.82 Å². The Hall–Kier alpha value is -5.47. The van der Waals surface area contributed by atoms with E-state index in [1.807, 2.05) is 13.0 Å². The van der Waals surface area contributed by atoms with Crippen molar-refractivity contribution in [3.63, 3.8) is 0 Å². The maximum absolute atomic E-state index is 14.1. The topological polar surface area (TPSA) is 175 Å². The molecule has 15 nitrogen and oxygen atoms in total. The van der Waals surface area contributed by atoms with Crippen molar-refractivity contribution in [1.29, 1.82) is 0 Å². The van der Waals surface area contributed by atoms with E-state index < -0.39 is 30.3 Å². The van der Waals surface area contributed by atoms with Crippen LogP contribution >= 0.6 is 0 Å². The third-order valence-corrected chi connectivity index (χ3v) is 7.58. The van der Waals surface area contributed by atoms with Crippen molar-refractivity contribution in [2.75, 3.05) is 24.6 Å². The minimum Gasteiger partial charge on any atom is -0.465 e. The predicted molar refractivity (Wildman–Crippen MR) is 160 cm³/mol. The van der Waals surface area contributed by atoms with Crippen molar-refractivity contribution in [3.8, 4) is 22.6 Å². The number of rotatable bonds is 8. The Labute approximate surface area is 257 Å². The summed E-state index contributed by atoms with van der Waals surface area (Å²) in [5, 5.41) is 17.9. The monoisotopic (exact) mass is 619 g/mol. The van der Waals surface area contributed by atoms with E-state index in [0.717, 1.165) is 10.1 Å². The molecule has 45 heavy (non-hydrogen) atoms. The lowest BCUT2D eigenvalue weighted by Crippen LogP contribution is -2.52. The van der Waals surface area contributed by atoms with Crippen molar-refractivity contribution in [2.24, 2.45) is 7.05 Å². The molecule has 0 spiro atoms. The summed E-state index contributed by atoms with van der Waals surface area (Å²) in [5.74, 6) is -0.614. The molecule has 1 unspecified atom stereocenters. The van der Waals surface area contributed by atoms with Crippen molar-refractivity contribution in [1.82, 2.24) is 29.4 Å². The van der Waals surface area contributed by atoms with E-state index in [1.165, 1.54) is 16.5 Å². The van der Waals surface area contributed by atoms with Gasteiger partial charge in [0.15, 0.2) is 6.23 Å². The number of nitrogens with zero attached hydrogens (tertiary/aromatic N) is 7. The van der Waals surface area contributed by atoms with Crippen LogP contribution in [-0.2, 0) is 16.5 Å². The Morgan fingerprint density at radius 3 is 2.64 bits per heavy atom. The number of piperidine rings is 1. The van der Waals surface area contributed by atoms with Crippen LogP contribution in [0.15, 0.2) is 58.1 Å². The standard InChI is InChI=1S/C30H33N7O8/c1-5-43-30(42)44-19(3)36-26(33-45-29(36)41)24-23(16-32-34(24)4)20-10-12-21(13-11-20)27(38)37(25-18(2)8-6-14-31-25)22-9-7-15-35(17-22)28(39)40/h6,8,10-14,16,19,22H,5,7,9,15,17H2,1-4H3,(H,39,40)/t19?,22-/m1/s1. The highest BCUT2D eigenvalue weighted by Gasteiger charge is 2.34. The second-order valence-electron chi connectivity index (χ2n) is 10.5. The minimum absolute atomic E-state index is 0.0732. The summed E-state index contributed by atoms with van der Waals surface area (Å²) in [5.41, 5.74) is 2.79. The Kier molecular flexibility index (Phi) is 8.97. The number of carboxylic acid groups (broad SMARTS) is 1. The van der Waals surface area contributed by atoms with Gasteiger partial charge >= 0.3 is 18.0 Å². The molecule has 236 valence electrons. The first-order valence-corrected chi connectivity index (χ1v) is 14.4. The zero-order valence-corrected chi connectivity index (χ0v) is 25.2. The molecule has 1 aliphatic heterocycles. The highest BCUT2D eigenvalue weighted by atomic mass is 16.7. The number of carbonyl (C=O) groups excluding carboxylic acids is 2. The number of amides is 2. The van der Waals surface area contributed by atoms with Gasteiger partial charge in [-0.1, -0.05) is 23.4 Å². The van der Waals surface area contributed by atoms with Gasteiger partial charge in [-0.25, -0.2) is 23.9 Å². The van der Waals surface area contributed by atoms with Crippen LogP contribution in [0.3, 0.4) is 0 Å². The summed E-state index contributed by atoms with van der Waals surface area (Å²) in [6.45, 7) is 5.64. The fraction of sp³-hybridized carbons (Fsp3) is 0.367. The number of aromatic nitrogens is 5. The molecule has 1 aliphatic rings. The first-order valence-electron chi connectivity index (χ1n) is 14.4. The highest BCUT2D eigenvalue weighted by molar-refractivity contribution is 6.06. The molecule has 0 aliphatic carbocycles. The van der Waals surface area contributed by atoms with Crippen molar-refractivity contribution in [2.45, 2.75) is 45.9 Å². The number of aryl methyl sites for hydroxylation is 2. The Bertz CT molecular complexity index is 1760. The van der Waals surface area contributed by atoms with Crippen molar-refractivity contribution >= 4 is 24.0 Å². The second kappa shape index (κ2) is 13.0. The molecule has 4 aromatic rings. The third-order valence-electron chi connectivity index (χ3n) is 7.58. The molecule has 1 saturated heterocycles. The fourth-order valence-electron chi connectivity index (χ4n) is 5.43. The van der Waals surface area contributed by atoms with E-state index in [1.54, 1.807) is 61.6 Å². The Balaban J connectivity index is 1.48. The van der Waals surface area contributed by atoms with Gasteiger partial charge in [0.25, 0.3) is 5.91 Å². The van der Waals surface area contributed by atoms with Crippen molar-refractivity contribution in [3.05, 3.63) is 70.5 Å². The fourth-order valence-corrected chi connectivity index (χ4v) is 5.43. The van der Waals surface area contributed by atoms with Gasteiger partial charge in [0.05, 0.1) is 18.8 Å². The first-order chi connectivity index (χ1) is 21.6. The molecule has 0 saturated carbocycles. The van der Waals surface area contributed by atoms with Crippen LogP contribution in [0.4, 0.5) is 15.4 Å². The maximum Gasteiger partial charge on any atom is 0.510 e. The summed E-state index contributed by atoms with van der Waals surface area (Å²) in [7, 11) is 1.66. The SMILES string of the molecule is CCOC(=O)OC(C)n1c(-c2c(-c3ccc(C(=O)N(c4ncccc4C)[C@@H]4CCCN(C(=O)O)C4)cc3)cnn2C)noc1=O. The molecular weight excluding hydrogens is 586 g/mol. The van der Waals surface area contributed by atoms with Crippen LogP contribution in [0.2, 0.25) is 0 Å². The van der Waals surface area contributed by atoms with Crippen LogP contribution in [0.25, 0.3) is 22.6 Å². The lowest BCUT2D eigenvalue weighted by Gasteiger charge is -2.38. The van der Waals surface area contributed by atoms with Gasteiger partial charge in [0, 0.05) is 37.5 Å². The van der Waals surface area contributed by atoms with E-state index in [2.05, 4.69) is 15.2 Å². The summed E-state index contributed by atoms with van der Waals surface area (Å²) < 4.78 is 17.5. The van der Waals surface area contributed by atoms with Crippen LogP contribution in [0.5, 0.6) is 0 Å². The molecule has 15 heteroatoms. The zero-order chi connectivity index (χ0) is 32.2. The molecule has 4 heterocycles. The summed E-state index contributed by atoms with van der Waals surface area (Å²) in [4.78, 5) is 57.7. The van der Waals surface area contributed by atoms with Crippen LogP contribution in [0, 0.1) is 6.92 Å². The maximum atomic E-state index is 14.1. The van der Waals surface area contributed by atoms with Gasteiger partial charge in [-0.05, 0) is 62.9 Å². The number of pyridine rings is 1. The number of likely N-dealkylation sites (tertiary alicyclic amines) is 1. The molecule has 0 bridgehead atoms. The van der Waals surface area contributed by atoms with Crippen LogP contribution < -0.4 is 10.7 Å². The number of ether oxygens (including phenoxy) is 2. The zero-order valence-electron chi connectivity index (χ0n) is 25.2. The molecule has 5 rings (SSSR count). The van der Waals surface area contributed by atoms with E-state index in [9.17, 15) is 24.3 Å². The first kappa shape index (κ1) is 31.0. The normalized spacial score (nSPS) is 15.4. The van der Waals surface area contributed by atoms with E-state index in [-0.39, 0.29) is 24.9 Å². The molecule has 3 aromatic heterocycles.